The zero-order valence-electron chi connectivity index (χ0n) is 13.2. The van der Waals surface area contributed by atoms with Crippen LogP contribution in [0.25, 0.3) is 5.69 Å². The molecule has 0 bridgehead atoms. The van der Waals surface area contributed by atoms with Crippen LogP contribution in [-0.4, -0.2) is 21.4 Å². The number of hydrogen-bond donors (Lipinski definition) is 2. The maximum absolute atomic E-state index is 12.6. The molecular weight excluding hydrogens is 308 g/mol. The van der Waals surface area contributed by atoms with E-state index >= 15 is 0 Å². The van der Waals surface area contributed by atoms with Crippen LogP contribution in [0.4, 0.5) is 0 Å². The second kappa shape index (κ2) is 6.41. The fourth-order valence-corrected chi connectivity index (χ4v) is 2.38. The van der Waals surface area contributed by atoms with Gasteiger partial charge in [0.2, 0.25) is 0 Å². The summed E-state index contributed by atoms with van der Waals surface area (Å²) in [5.74, 6) is -0.324. The smallest absolute Gasteiger partial charge is 0.307 e. The third-order valence-corrected chi connectivity index (χ3v) is 3.52. The van der Waals surface area contributed by atoms with Gasteiger partial charge >= 0.3 is 5.91 Å². The molecule has 0 unspecified atom stereocenters. The van der Waals surface area contributed by atoms with E-state index in [2.05, 4.69) is 15.6 Å². The minimum absolute atomic E-state index is 0.152. The molecule has 7 nitrogen and oxygen atoms in total. The number of para-hydroxylation sites is 1. The molecular formula is C17H16N4O3. The molecule has 0 aliphatic carbocycles. The summed E-state index contributed by atoms with van der Waals surface area (Å²) in [6.45, 7) is 3.44. The van der Waals surface area contributed by atoms with Crippen LogP contribution in [0.3, 0.4) is 0 Å². The minimum Gasteiger partial charge on any atom is -0.459 e. The van der Waals surface area contributed by atoms with Crippen LogP contribution in [0.5, 0.6) is 0 Å². The number of hydrogen-bond acceptors (Lipinski definition) is 4. The Morgan fingerprint density at radius 1 is 1.21 bits per heavy atom. The van der Waals surface area contributed by atoms with E-state index in [0.29, 0.717) is 17.0 Å². The zero-order valence-corrected chi connectivity index (χ0v) is 13.2. The van der Waals surface area contributed by atoms with Gasteiger partial charge in [-0.3, -0.25) is 14.7 Å². The third-order valence-electron chi connectivity index (χ3n) is 3.52. The molecule has 0 aliphatic rings. The molecule has 0 saturated heterocycles. The zero-order chi connectivity index (χ0) is 17.1. The molecule has 0 atom stereocenters. The predicted octanol–water partition coefficient (Wildman–Crippen LogP) is 2.22. The van der Waals surface area contributed by atoms with Crippen LogP contribution < -0.4 is 11.0 Å². The van der Waals surface area contributed by atoms with E-state index in [9.17, 15) is 9.59 Å². The number of aromatic amines is 1. The Bertz CT molecular complexity index is 934. The molecule has 0 aliphatic heterocycles. The van der Waals surface area contributed by atoms with Crippen LogP contribution >= 0.6 is 0 Å². The Kier molecular flexibility index (Phi) is 4.15. The van der Waals surface area contributed by atoms with E-state index in [0.717, 1.165) is 5.69 Å². The van der Waals surface area contributed by atoms with Gasteiger partial charge in [0.15, 0.2) is 5.76 Å². The van der Waals surface area contributed by atoms with Gasteiger partial charge in [-0.05, 0) is 38.1 Å². The lowest BCUT2D eigenvalue weighted by Crippen LogP contribution is -2.23. The van der Waals surface area contributed by atoms with Gasteiger partial charge in [-0.25, -0.2) is 10.1 Å². The summed E-state index contributed by atoms with van der Waals surface area (Å²) in [6, 6.07) is 12.4. The number of furan rings is 1. The fraction of sp³-hybridized carbons (Fsp3) is 0.118. The maximum Gasteiger partial charge on any atom is 0.307 e. The third kappa shape index (κ3) is 2.91. The summed E-state index contributed by atoms with van der Waals surface area (Å²) in [5, 5.41) is 7.02. The van der Waals surface area contributed by atoms with Gasteiger partial charge in [0.25, 0.3) is 5.56 Å². The van der Waals surface area contributed by atoms with Crippen molar-refractivity contribution in [2.45, 2.75) is 13.8 Å². The highest BCUT2D eigenvalue weighted by atomic mass is 16.3. The molecule has 0 spiro atoms. The average molecular weight is 324 g/mol. The minimum atomic E-state index is -0.476. The molecule has 0 saturated carbocycles. The first-order valence-electron chi connectivity index (χ1n) is 7.33. The van der Waals surface area contributed by atoms with E-state index in [1.54, 1.807) is 19.9 Å². The molecule has 1 amide bonds. The Morgan fingerprint density at radius 2 is 1.96 bits per heavy atom. The number of H-pyrrole nitrogens is 1. The maximum atomic E-state index is 12.6. The van der Waals surface area contributed by atoms with Gasteiger partial charge in [-0.2, -0.15) is 5.10 Å². The fourth-order valence-electron chi connectivity index (χ4n) is 2.38. The molecule has 2 heterocycles. The number of nitrogens with one attached hydrogen (secondary N) is 2. The summed E-state index contributed by atoms with van der Waals surface area (Å²) in [6.07, 6.45) is 1.40. The van der Waals surface area contributed by atoms with Gasteiger partial charge in [0.05, 0.1) is 23.2 Å². The number of hydrazone groups is 1. The first-order chi connectivity index (χ1) is 11.6. The van der Waals surface area contributed by atoms with Crippen molar-refractivity contribution >= 4 is 11.6 Å². The van der Waals surface area contributed by atoms with Crippen molar-refractivity contribution in [3.8, 4) is 5.69 Å². The lowest BCUT2D eigenvalue weighted by Gasteiger charge is -2.00. The van der Waals surface area contributed by atoms with Crippen molar-refractivity contribution < 1.29 is 9.21 Å². The van der Waals surface area contributed by atoms with Gasteiger partial charge in [0, 0.05) is 5.69 Å². The normalized spacial score (nSPS) is 11.5. The first-order valence-corrected chi connectivity index (χ1v) is 7.33. The van der Waals surface area contributed by atoms with E-state index in [-0.39, 0.29) is 11.3 Å². The summed E-state index contributed by atoms with van der Waals surface area (Å²) in [7, 11) is 0. The number of amides is 1. The van der Waals surface area contributed by atoms with Gasteiger partial charge < -0.3 is 4.42 Å². The Hall–Kier alpha value is -3.35. The summed E-state index contributed by atoms with van der Waals surface area (Å²) in [4.78, 5) is 24.5. The molecule has 0 radical (unpaired) electrons. The highest BCUT2D eigenvalue weighted by Gasteiger charge is 2.15. The number of carbonyl (C=O) groups excluding carboxylic acids is 1. The topological polar surface area (TPSA) is 92.4 Å². The molecule has 2 aromatic heterocycles. The molecule has 3 rings (SSSR count). The summed E-state index contributed by atoms with van der Waals surface area (Å²) < 4.78 is 6.43. The van der Waals surface area contributed by atoms with Gasteiger partial charge in [-0.1, -0.05) is 18.2 Å². The molecule has 0 fully saturated rings. The standard InChI is InChI=1S/C17H16N4O3/c1-11(18-19-16(22)14-9-6-10-24-14)15-12(2)20-21(17(15)23)13-7-4-3-5-8-13/h3-10,20H,1-2H3,(H,19,22)/b18-11+. The van der Waals surface area contributed by atoms with Crippen molar-refractivity contribution in [1.82, 2.24) is 15.2 Å². The number of aromatic nitrogens is 2. The second-order valence-corrected chi connectivity index (χ2v) is 5.20. The first kappa shape index (κ1) is 15.5. The lowest BCUT2D eigenvalue weighted by atomic mass is 10.2. The number of benzene rings is 1. The Labute approximate surface area is 137 Å². The molecule has 2 N–H and O–H groups in total. The molecule has 24 heavy (non-hydrogen) atoms. The second-order valence-electron chi connectivity index (χ2n) is 5.20. The van der Waals surface area contributed by atoms with Crippen LogP contribution in [-0.2, 0) is 0 Å². The van der Waals surface area contributed by atoms with Crippen molar-refractivity contribution in [3.05, 3.63) is 76.1 Å². The summed E-state index contributed by atoms with van der Waals surface area (Å²) >= 11 is 0. The van der Waals surface area contributed by atoms with Gasteiger partial charge in [0.1, 0.15) is 0 Å². The quantitative estimate of drug-likeness (QED) is 0.569. The largest absolute Gasteiger partial charge is 0.459 e. The van der Waals surface area contributed by atoms with Crippen LogP contribution in [0.15, 0.2) is 63.0 Å². The predicted molar refractivity (Wildman–Crippen MR) is 89.5 cm³/mol. The summed E-state index contributed by atoms with van der Waals surface area (Å²) in [5.41, 5.74) is 4.36. The van der Waals surface area contributed by atoms with E-state index in [4.69, 9.17) is 4.42 Å². The molecule has 7 heteroatoms. The highest BCUT2D eigenvalue weighted by Crippen LogP contribution is 2.08. The van der Waals surface area contributed by atoms with Crippen molar-refractivity contribution in [1.29, 1.82) is 0 Å². The number of aryl methyl sites for hydroxylation is 1. The number of rotatable bonds is 4. The SMILES string of the molecule is C/C(=N\NC(=O)c1ccco1)c1c(C)[nH]n(-c2ccccc2)c1=O. The Balaban J connectivity index is 1.89. The lowest BCUT2D eigenvalue weighted by molar-refractivity contribution is 0.0927. The van der Waals surface area contributed by atoms with Gasteiger partial charge in [-0.15, -0.1) is 0 Å². The highest BCUT2D eigenvalue weighted by molar-refractivity contribution is 6.00. The monoisotopic (exact) mass is 324 g/mol. The van der Waals surface area contributed by atoms with Crippen LogP contribution in [0, 0.1) is 6.92 Å². The molecule has 1 aromatic carbocycles. The van der Waals surface area contributed by atoms with Crippen molar-refractivity contribution in [2.75, 3.05) is 0 Å². The van der Waals surface area contributed by atoms with E-state index in [1.165, 1.54) is 17.0 Å². The van der Waals surface area contributed by atoms with Crippen molar-refractivity contribution in [3.63, 3.8) is 0 Å². The molecule has 3 aromatic rings. The molecule has 122 valence electrons. The van der Waals surface area contributed by atoms with E-state index in [1.807, 2.05) is 30.3 Å². The number of nitrogens with zero attached hydrogens (tertiary/aromatic N) is 2. The van der Waals surface area contributed by atoms with Crippen molar-refractivity contribution in [2.24, 2.45) is 5.10 Å². The van der Waals surface area contributed by atoms with Crippen LogP contribution in [0.2, 0.25) is 0 Å². The van der Waals surface area contributed by atoms with E-state index < -0.39 is 5.91 Å². The Morgan fingerprint density at radius 3 is 2.62 bits per heavy atom. The van der Waals surface area contributed by atoms with Crippen LogP contribution in [0.1, 0.15) is 28.7 Å². The number of carbonyl (C=O) groups is 1. The average Bonchev–Trinajstić information content (AvgIpc) is 3.22.